The van der Waals surface area contributed by atoms with E-state index in [-0.39, 0.29) is 18.4 Å². The standard InChI is InChI=1S/C21H21NO3S/c1-3-25-17-12-10-16(11-13-17)18-19(26-4-2)21(24)22(20(18)23)14-15-8-6-5-7-9-15/h5-13H,3-4,14H2,1-2H3. The van der Waals surface area contributed by atoms with Crippen LogP contribution in [0, 0.1) is 0 Å². The monoisotopic (exact) mass is 367 g/mol. The van der Waals surface area contributed by atoms with Crippen molar-refractivity contribution in [3.8, 4) is 5.75 Å². The number of hydrogen-bond donors (Lipinski definition) is 0. The summed E-state index contributed by atoms with van der Waals surface area (Å²) < 4.78 is 5.46. The van der Waals surface area contributed by atoms with Gasteiger partial charge in [0.1, 0.15) is 5.75 Å². The van der Waals surface area contributed by atoms with Gasteiger partial charge in [0, 0.05) is 0 Å². The SMILES string of the molecule is CCOc1ccc(C2=C(SCC)C(=O)N(Cc3ccccc3)C2=O)cc1. The molecule has 0 saturated heterocycles. The first-order valence-electron chi connectivity index (χ1n) is 8.66. The van der Waals surface area contributed by atoms with Crippen LogP contribution in [0.2, 0.25) is 0 Å². The fraction of sp³-hybridized carbons (Fsp3) is 0.238. The lowest BCUT2D eigenvalue weighted by molar-refractivity contribution is -0.137. The van der Waals surface area contributed by atoms with Gasteiger partial charge in [-0.15, -0.1) is 11.8 Å². The maximum Gasteiger partial charge on any atom is 0.268 e. The zero-order valence-corrected chi connectivity index (χ0v) is 15.7. The third kappa shape index (κ3) is 3.68. The second kappa shape index (κ2) is 8.23. The lowest BCUT2D eigenvalue weighted by Gasteiger charge is -2.15. The molecule has 0 fully saturated rings. The molecule has 1 heterocycles. The number of carbonyl (C=O) groups is 2. The van der Waals surface area contributed by atoms with Gasteiger partial charge in [-0.1, -0.05) is 49.4 Å². The molecule has 0 aliphatic carbocycles. The van der Waals surface area contributed by atoms with Crippen molar-refractivity contribution >= 4 is 29.1 Å². The molecule has 0 spiro atoms. The van der Waals surface area contributed by atoms with E-state index in [1.807, 2.05) is 68.4 Å². The fourth-order valence-electron chi connectivity index (χ4n) is 2.88. The van der Waals surface area contributed by atoms with Crippen LogP contribution in [0.5, 0.6) is 5.75 Å². The first kappa shape index (κ1) is 18.3. The van der Waals surface area contributed by atoms with Crippen LogP contribution in [-0.2, 0) is 16.1 Å². The molecule has 2 aromatic rings. The second-order valence-corrected chi connectivity index (χ2v) is 7.05. The highest BCUT2D eigenvalue weighted by Crippen LogP contribution is 2.37. The molecule has 26 heavy (non-hydrogen) atoms. The summed E-state index contributed by atoms with van der Waals surface area (Å²) in [5, 5.41) is 0. The van der Waals surface area contributed by atoms with Crippen LogP contribution in [0.25, 0.3) is 5.57 Å². The van der Waals surface area contributed by atoms with Crippen molar-refractivity contribution in [3.63, 3.8) is 0 Å². The predicted octanol–water partition coefficient (Wildman–Crippen LogP) is 4.12. The number of benzene rings is 2. The Bertz CT molecular complexity index is 828. The Labute approximate surface area is 157 Å². The maximum atomic E-state index is 13.0. The molecule has 0 atom stereocenters. The van der Waals surface area contributed by atoms with Crippen molar-refractivity contribution in [1.82, 2.24) is 4.90 Å². The van der Waals surface area contributed by atoms with Gasteiger partial charge in [-0.2, -0.15) is 0 Å². The van der Waals surface area contributed by atoms with Crippen LogP contribution in [0.1, 0.15) is 25.0 Å². The fourth-order valence-corrected chi connectivity index (χ4v) is 3.75. The number of hydrogen-bond acceptors (Lipinski definition) is 4. The molecule has 5 heteroatoms. The van der Waals surface area contributed by atoms with Crippen molar-refractivity contribution in [2.24, 2.45) is 0 Å². The predicted molar refractivity (Wildman–Crippen MR) is 105 cm³/mol. The van der Waals surface area contributed by atoms with Gasteiger partial charge in [-0.25, -0.2) is 0 Å². The van der Waals surface area contributed by atoms with Gasteiger partial charge in [0.25, 0.3) is 11.8 Å². The number of thioether (sulfide) groups is 1. The molecule has 0 radical (unpaired) electrons. The zero-order chi connectivity index (χ0) is 18.5. The average molecular weight is 367 g/mol. The van der Waals surface area contributed by atoms with E-state index in [1.54, 1.807) is 0 Å². The zero-order valence-electron chi connectivity index (χ0n) is 14.9. The molecular weight excluding hydrogens is 346 g/mol. The van der Waals surface area contributed by atoms with Crippen molar-refractivity contribution in [1.29, 1.82) is 0 Å². The van der Waals surface area contributed by atoms with Gasteiger partial charge in [0.15, 0.2) is 0 Å². The molecule has 1 aliphatic heterocycles. The van der Waals surface area contributed by atoms with Gasteiger partial charge in [0.2, 0.25) is 0 Å². The molecule has 2 amide bonds. The second-order valence-electron chi connectivity index (χ2n) is 5.78. The quantitative estimate of drug-likeness (QED) is 0.691. The molecule has 0 N–H and O–H groups in total. The number of imide groups is 1. The minimum absolute atomic E-state index is 0.213. The number of carbonyl (C=O) groups excluding carboxylic acids is 2. The smallest absolute Gasteiger partial charge is 0.268 e. The largest absolute Gasteiger partial charge is 0.494 e. The van der Waals surface area contributed by atoms with Crippen LogP contribution in [0.15, 0.2) is 59.5 Å². The summed E-state index contributed by atoms with van der Waals surface area (Å²) in [6, 6.07) is 16.9. The maximum absolute atomic E-state index is 13.0. The summed E-state index contributed by atoms with van der Waals surface area (Å²) in [5.41, 5.74) is 2.17. The van der Waals surface area contributed by atoms with Crippen LogP contribution in [-0.4, -0.2) is 29.1 Å². The number of ether oxygens (including phenoxy) is 1. The Hall–Kier alpha value is -2.53. The van der Waals surface area contributed by atoms with E-state index in [9.17, 15) is 9.59 Å². The summed E-state index contributed by atoms with van der Waals surface area (Å²) in [6.45, 7) is 4.77. The topological polar surface area (TPSA) is 46.6 Å². The van der Waals surface area contributed by atoms with Crippen molar-refractivity contribution in [2.75, 3.05) is 12.4 Å². The normalized spacial score (nSPS) is 14.3. The minimum Gasteiger partial charge on any atom is -0.494 e. The number of nitrogens with zero attached hydrogens (tertiary/aromatic N) is 1. The summed E-state index contributed by atoms with van der Waals surface area (Å²) in [7, 11) is 0. The summed E-state index contributed by atoms with van der Waals surface area (Å²) in [6.07, 6.45) is 0. The van der Waals surface area contributed by atoms with E-state index >= 15 is 0 Å². The summed E-state index contributed by atoms with van der Waals surface area (Å²) in [4.78, 5) is 27.7. The Kier molecular flexibility index (Phi) is 5.78. The lowest BCUT2D eigenvalue weighted by atomic mass is 10.1. The minimum atomic E-state index is -0.237. The van der Waals surface area contributed by atoms with E-state index in [0.717, 1.165) is 22.6 Å². The van der Waals surface area contributed by atoms with E-state index in [0.29, 0.717) is 17.1 Å². The van der Waals surface area contributed by atoms with Gasteiger partial charge in [-0.3, -0.25) is 14.5 Å². The first-order valence-corrected chi connectivity index (χ1v) is 9.64. The highest BCUT2D eigenvalue weighted by atomic mass is 32.2. The highest BCUT2D eigenvalue weighted by Gasteiger charge is 2.38. The molecule has 0 aromatic heterocycles. The average Bonchev–Trinajstić information content (AvgIpc) is 2.89. The molecular formula is C21H21NO3S. The third-order valence-electron chi connectivity index (χ3n) is 4.05. The Balaban J connectivity index is 1.92. The molecule has 2 aromatic carbocycles. The van der Waals surface area contributed by atoms with Crippen molar-refractivity contribution < 1.29 is 14.3 Å². The molecule has 0 bridgehead atoms. The molecule has 0 saturated carbocycles. The van der Waals surface area contributed by atoms with Gasteiger partial charge in [0.05, 0.1) is 23.6 Å². The molecule has 1 aliphatic rings. The highest BCUT2D eigenvalue weighted by molar-refractivity contribution is 8.04. The van der Waals surface area contributed by atoms with E-state index in [1.165, 1.54) is 16.7 Å². The van der Waals surface area contributed by atoms with Gasteiger partial charge < -0.3 is 4.74 Å². The van der Waals surface area contributed by atoms with Crippen LogP contribution in [0.4, 0.5) is 0 Å². The Morgan fingerprint density at radius 2 is 1.62 bits per heavy atom. The lowest BCUT2D eigenvalue weighted by Crippen LogP contribution is -2.30. The molecule has 3 rings (SSSR count). The first-order chi connectivity index (χ1) is 12.7. The Morgan fingerprint density at radius 3 is 2.23 bits per heavy atom. The number of rotatable bonds is 7. The van der Waals surface area contributed by atoms with E-state index < -0.39 is 0 Å². The van der Waals surface area contributed by atoms with Gasteiger partial charge >= 0.3 is 0 Å². The van der Waals surface area contributed by atoms with Crippen LogP contribution < -0.4 is 4.74 Å². The number of amides is 2. The van der Waals surface area contributed by atoms with Gasteiger partial charge in [-0.05, 0) is 35.9 Å². The molecule has 134 valence electrons. The van der Waals surface area contributed by atoms with Crippen LogP contribution in [0.3, 0.4) is 0 Å². The third-order valence-corrected chi connectivity index (χ3v) is 5.01. The van der Waals surface area contributed by atoms with E-state index in [2.05, 4.69) is 0 Å². The Morgan fingerprint density at radius 1 is 0.923 bits per heavy atom. The van der Waals surface area contributed by atoms with Crippen molar-refractivity contribution in [3.05, 3.63) is 70.6 Å². The van der Waals surface area contributed by atoms with Crippen molar-refractivity contribution in [2.45, 2.75) is 20.4 Å². The molecule has 4 nitrogen and oxygen atoms in total. The van der Waals surface area contributed by atoms with E-state index in [4.69, 9.17) is 4.74 Å². The van der Waals surface area contributed by atoms with Crippen LogP contribution >= 0.6 is 11.8 Å². The summed E-state index contributed by atoms with van der Waals surface area (Å²) in [5.74, 6) is 1.03. The molecule has 0 unspecified atom stereocenters. The summed E-state index contributed by atoms with van der Waals surface area (Å²) >= 11 is 1.42.